The number of phenols is 1. The molecule has 0 saturated carbocycles. The van der Waals surface area contributed by atoms with E-state index in [9.17, 15) is 19.8 Å². The Labute approximate surface area is 410 Å². The van der Waals surface area contributed by atoms with Gasteiger partial charge >= 0.3 is 0 Å². The van der Waals surface area contributed by atoms with Crippen LogP contribution in [0.25, 0.3) is 21.7 Å². The Morgan fingerprint density at radius 1 is 0.957 bits per heavy atom. The lowest BCUT2D eigenvalue weighted by atomic mass is 9.91. The number of nitrogens with two attached hydrogens (primary N) is 1. The van der Waals surface area contributed by atoms with Gasteiger partial charge in [-0.2, -0.15) is 0 Å². The van der Waals surface area contributed by atoms with Gasteiger partial charge in [-0.05, 0) is 97.6 Å². The molecule has 5 N–H and O–H groups in total. The van der Waals surface area contributed by atoms with E-state index in [1.54, 1.807) is 29.5 Å². The molecule has 2 bridgehead atoms. The zero-order valence-electron chi connectivity index (χ0n) is 39.7. The standard InChI is InChI=1S/C51H60N12O6S/c1-30(2)46(50(67)62-28-38(64)20-42(62)49(66)53-23-32-8-10-34(11-9-32)47-31(3)56-29-70-47)44-22-45(59-69-44)68-19-18-60-16-14-33(15-17-60)35-24-54-51(55-25-35)63-36-12-13-37(63)27-61(26-36)41-21-40(57-58-48(41)52)39-6-4-5-7-43(39)65/h4-11,21-22,24-25,29-30,33,36-38,42,46,64-65H,12-20,23,26-28H2,1-3H3,(H2,52,58)(H,53,66)/t36?,37?,38-,42+,46?/m1/s1. The van der Waals surface area contributed by atoms with Crippen LogP contribution in [0.1, 0.15) is 80.4 Å². The fraction of sp³-hybridized carbons (Fsp3) is 0.451. The van der Waals surface area contributed by atoms with Crippen LogP contribution in [0.3, 0.4) is 0 Å². The highest BCUT2D eigenvalue weighted by Crippen LogP contribution is 2.39. The number of nitrogens with one attached hydrogen (secondary N) is 1. The molecular formula is C51H60N12O6S. The maximum absolute atomic E-state index is 14.2. The number of nitrogen functional groups attached to an aromatic ring is 1. The first-order valence-electron chi connectivity index (χ1n) is 24.3. The predicted molar refractivity (Wildman–Crippen MR) is 265 cm³/mol. The number of piperidine rings is 1. The molecule has 10 rings (SSSR count). The largest absolute Gasteiger partial charge is 0.507 e. The number of carbonyl (C=O) groups is 2. The van der Waals surface area contributed by atoms with Crippen LogP contribution in [-0.2, 0) is 16.1 Å². The first kappa shape index (κ1) is 47.0. The molecule has 70 heavy (non-hydrogen) atoms. The Bertz CT molecular complexity index is 2770. The summed E-state index contributed by atoms with van der Waals surface area (Å²) in [5, 5.41) is 36.8. The van der Waals surface area contributed by atoms with Crippen molar-refractivity contribution in [1.82, 2.24) is 45.4 Å². The van der Waals surface area contributed by atoms with Crippen LogP contribution in [-0.4, -0.2) is 132 Å². The van der Waals surface area contributed by atoms with E-state index in [0.717, 1.165) is 90.8 Å². The third kappa shape index (κ3) is 9.87. The molecule has 6 aromatic rings. The van der Waals surface area contributed by atoms with Gasteiger partial charge in [0.1, 0.15) is 24.3 Å². The van der Waals surface area contributed by atoms with Gasteiger partial charge in [-0.1, -0.05) is 50.2 Å². The van der Waals surface area contributed by atoms with Crippen LogP contribution in [0.5, 0.6) is 11.6 Å². The fourth-order valence-electron chi connectivity index (χ4n) is 10.7. The Hall–Kier alpha value is -6.70. The molecule has 0 aliphatic carbocycles. The van der Waals surface area contributed by atoms with Crippen molar-refractivity contribution in [2.75, 3.05) is 61.4 Å². The van der Waals surface area contributed by atoms with Crippen LogP contribution in [0, 0.1) is 12.8 Å². The van der Waals surface area contributed by atoms with Crippen molar-refractivity contribution in [1.29, 1.82) is 0 Å². The number of rotatable bonds is 15. The highest BCUT2D eigenvalue weighted by molar-refractivity contribution is 7.13. The quantitative estimate of drug-likeness (QED) is 0.0958. The maximum Gasteiger partial charge on any atom is 0.254 e. The van der Waals surface area contributed by atoms with Crippen LogP contribution in [0.15, 0.2) is 83.1 Å². The van der Waals surface area contributed by atoms with Gasteiger partial charge < -0.3 is 45.2 Å². The number of carbonyl (C=O) groups excluding carboxylic acids is 2. The van der Waals surface area contributed by atoms with Crippen LogP contribution in [0.2, 0.25) is 0 Å². The van der Waals surface area contributed by atoms with Crippen molar-refractivity contribution in [3.8, 4) is 33.3 Å². The van der Waals surface area contributed by atoms with Crippen molar-refractivity contribution in [3.63, 3.8) is 0 Å². The van der Waals surface area contributed by atoms with E-state index in [4.69, 9.17) is 25.0 Å². The number of fused-ring (bicyclic) bond motifs is 2. The number of aliphatic hydroxyl groups is 1. The van der Waals surface area contributed by atoms with Crippen LogP contribution < -0.4 is 25.6 Å². The van der Waals surface area contributed by atoms with E-state index in [1.165, 1.54) is 4.90 Å². The summed E-state index contributed by atoms with van der Waals surface area (Å²) < 4.78 is 11.8. The van der Waals surface area contributed by atoms with Crippen LogP contribution in [0.4, 0.5) is 17.5 Å². The summed E-state index contributed by atoms with van der Waals surface area (Å²) in [6.07, 6.45) is 7.38. The first-order chi connectivity index (χ1) is 34.0. The second-order valence-corrected chi connectivity index (χ2v) is 20.2. The molecular weight excluding hydrogens is 909 g/mol. The number of phenolic OH excluding ortho intramolecular Hbond substituents is 1. The number of aromatic hydroxyl groups is 1. The number of aryl methyl sites for hydroxylation is 1. The highest BCUT2D eigenvalue weighted by atomic mass is 32.1. The number of hydrogen-bond acceptors (Lipinski definition) is 17. The molecule has 0 radical (unpaired) electrons. The molecule has 3 unspecified atom stereocenters. The minimum Gasteiger partial charge on any atom is -0.507 e. The lowest BCUT2D eigenvalue weighted by Crippen LogP contribution is -2.54. The normalized spacial score (nSPS) is 21.1. The molecule has 0 spiro atoms. The lowest BCUT2D eigenvalue weighted by molar-refractivity contribution is -0.141. The SMILES string of the molecule is Cc1ncsc1-c1ccc(CNC(=O)[C@@H]2C[C@@H](O)CN2C(=O)C(c2cc(OCCN3CCC(c4cnc(N5C6CCC5CN(c5cc(-c7ccccc7O)nnc5N)C6)nc4)CC3)no2)C(C)C)cc1. The second kappa shape index (κ2) is 20.3. The van der Waals surface area contributed by atoms with E-state index < -0.39 is 18.1 Å². The van der Waals surface area contributed by atoms with Crippen molar-refractivity contribution in [3.05, 3.63) is 101 Å². The number of piperazine rings is 1. The average molecular weight is 969 g/mol. The van der Waals surface area contributed by atoms with E-state index in [2.05, 4.69) is 40.4 Å². The van der Waals surface area contributed by atoms with Gasteiger partial charge in [0.05, 0.1) is 33.6 Å². The molecule has 8 heterocycles. The smallest absolute Gasteiger partial charge is 0.254 e. The van der Waals surface area contributed by atoms with Crippen molar-refractivity contribution < 1.29 is 29.1 Å². The number of β-amino-alcohol motifs (C(OH)–C–C–N with tert-alkyl or cyclic N) is 1. The number of nitrogens with zero attached hydrogens (tertiary/aromatic N) is 10. The molecule has 2 aromatic carbocycles. The highest BCUT2D eigenvalue weighted by Gasteiger charge is 2.44. The molecule has 4 saturated heterocycles. The minimum atomic E-state index is -0.817. The Morgan fingerprint density at radius 3 is 2.40 bits per heavy atom. The molecule has 4 fully saturated rings. The molecule has 4 aromatic heterocycles. The summed E-state index contributed by atoms with van der Waals surface area (Å²) in [6.45, 7) is 10.6. The zero-order chi connectivity index (χ0) is 48.5. The summed E-state index contributed by atoms with van der Waals surface area (Å²) in [6, 6.07) is 18.4. The molecule has 18 nitrogen and oxygen atoms in total. The Kier molecular flexibility index (Phi) is 13.7. The second-order valence-electron chi connectivity index (χ2n) is 19.4. The number of benzene rings is 2. The third-order valence-electron chi connectivity index (χ3n) is 14.4. The summed E-state index contributed by atoms with van der Waals surface area (Å²) in [5.74, 6) is 0.830. The topological polar surface area (TPSA) is 225 Å². The van der Waals surface area contributed by atoms with Gasteiger partial charge in [0.25, 0.3) is 5.88 Å². The van der Waals surface area contributed by atoms with Crippen molar-refractivity contribution in [2.24, 2.45) is 5.92 Å². The van der Waals surface area contributed by atoms with Gasteiger partial charge in [-0.15, -0.1) is 21.5 Å². The number of thiazole rings is 1. The van der Waals surface area contributed by atoms with Gasteiger partial charge in [0, 0.05) is 75.3 Å². The number of ether oxygens (including phenoxy) is 1. The third-order valence-corrected chi connectivity index (χ3v) is 15.4. The van der Waals surface area contributed by atoms with Gasteiger partial charge in [0.2, 0.25) is 17.8 Å². The van der Waals surface area contributed by atoms with E-state index in [0.29, 0.717) is 54.3 Å². The minimum absolute atomic E-state index is 0.0582. The maximum atomic E-state index is 14.2. The van der Waals surface area contributed by atoms with Crippen molar-refractivity contribution >= 4 is 40.6 Å². The number of hydrogen-bond donors (Lipinski definition) is 4. The van der Waals surface area contributed by atoms with Gasteiger partial charge in [-0.3, -0.25) is 14.5 Å². The average Bonchev–Trinajstić information content (AvgIpc) is 4.17. The molecule has 4 aliphatic rings. The summed E-state index contributed by atoms with van der Waals surface area (Å²) in [7, 11) is 0. The fourth-order valence-corrected chi connectivity index (χ4v) is 11.5. The predicted octanol–water partition coefficient (Wildman–Crippen LogP) is 5.78. The Balaban J connectivity index is 0.682. The van der Waals surface area contributed by atoms with Gasteiger partial charge in [0.15, 0.2) is 11.6 Å². The molecule has 19 heteroatoms. The number of likely N-dealkylation sites (tertiary alicyclic amines) is 2. The van der Waals surface area contributed by atoms with Crippen LogP contribution >= 0.6 is 11.3 Å². The number of anilines is 3. The monoisotopic (exact) mass is 968 g/mol. The van der Waals surface area contributed by atoms with Crippen molar-refractivity contribution in [2.45, 2.75) is 95.5 Å². The van der Waals surface area contributed by atoms with Gasteiger partial charge in [-0.25, -0.2) is 15.0 Å². The first-order valence-corrected chi connectivity index (χ1v) is 25.2. The number of para-hydroxylation sites is 1. The molecule has 2 amide bonds. The number of aromatic nitrogens is 6. The van der Waals surface area contributed by atoms with E-state index >= 15 is 0 Å². The molecule has 5 atom stereocenters. The lowest BCUT2D eigenvalue weighted by Gasteiger charge is -2.42. The Morgan fingerprint density at radius 2 is 1.70 bits per heavy atom. The molecule has 366 valence electrons. The van der Waals surface area contributed by atoms with E-state index in [1.807, 2.05) is 81.1 Å². The molecule has 4 aliphatic heterocycles. The summed E-state index contributed by atoms with van der Waals surface area (Å²) >= 11 is 1.59. The van der Waals surface area contributed by atoms with E-state index in [-0.39, 0.29) is 48.5 Å². The number of aliphatic hydroxyl groups excluding tert-OH is 1. The number of amides is 2. The summed E-state index contributed by atoms with van der Waals surface area (Å²) in [4.78, 5) is 51.5. The summed E-state index contributed by atoms with van der Waals surface area (Å²) in [5.41, 5.74) is 14.4. The zero-order valence-corrected chi connectivity index (χ0v) is 40.5.